The molecule has 94 valence electrons. The van der Waals surface area contributed by atoms with Crippen LogP contribution in [0.1, 0.15) is 31.7 Å². The lowest BCUT2D eigenvalue weighted by Gasteiger charge is -2.24. The molecule has 4 heteroatoms. The highest BCUT2D eigenvalue weighted by Crippen LogP contribution is 2.16. The Bertz CT molecular complexity index is 358. The van der Waals surface area contributed by atoms with Gasteiger partial charge in [0.25, 0.3) is 0 Å². The zero-order chi connectivity index (χ0) is 12.1. The highest BCUT2D eigenvalue weighted by Gasteiger charge is 2.13. The van der Waals surface area contributed by atoms with Gasteiger partial charge in [0, 0.05) is 12.6 Å². The smallest absolute Gasteiger partial charge is 0.129 e. The lowest BCUT2D eigenvalue weighted by molar-refractivity contribution is 0.479. The van der Waals surface area contributed by atoms with E-state index < -0.39 is 0 Å². The second-order valence-corrected chi connectivity index (χ2v) is 4.68. The van der Waals surface area contributed by atoms with Gasteiger partial charge >= 0.3 is 0 Å². The maximum Gasteiger partial charge on any atom is 0.129 e. The molecule has 1 fully saturated rings. The number of nitrogens with one attached hydrogen (secondary N) is 2. The summed E-state index contributed by atoms with van der Waals surface area (Å²) in [6, 6.07) is 4.60. The summed E-state index contributed by atoms with van der Waals surface area (Å²) in [5.41, 5.74) is 7.10. The summed E-state index contributed by atoms with van der Waals surface area (Å²) in [5.74, 6) is 1.57. The predicted molar refractivity (Wildman–Crippen MR) is 72.2 cm³/mol. The van der Waals surface area contributed by atoms with Gasteiger partial charge < -0.3 is 16.4 Å². The molecule has 0 aromatic carbocycles. The maximum atomic E-state index is 5.95. The summed E-state index contributed by atoms with van der Waals surface area (Å²) in [4.78, 5) is 4.42. The average molecular weight is 234 g/mol. The van der Waals surface area contributed by atoms with Gasteiger partial charge in [-0.15, -0.1) is 0 Å². The molecule has 17 heavy (non-hydrogen) atoms. The number of anilines is 2. The molecule has 0 radical (unpaired) electrons. The molecule has 0 bridgehead atoms. The molecule has 1 aliphatic rings. The minimum Gasteiger partial charge on any atom is -0.383 e. The van der Waals surface area contributed by atoms with Crippen molar-refractivity contribution >= 4 is 11.6 Å². The van der Waals surface area contributed by atoms with Crippen LogP contribution in [0.4, 0.5) is 11.6 Å². The summed E-state index contributed by atoms with van der Waals surface area (Å²) in [7, 11) is 0. The molecule has 0 saturated carbocycles. The topological polar surface area (TPSA) is 63.0 Å². The Morgan fingerprint density at radius 2 is 2.41 bits per heavy atom. The molecule has 2 rings (SSSR count). The van der Waals surface area contributed by atoms with Gasteiger partial charge in [0.2, 0.25) is 0 Å². The van der Waals surface area contributed by atoms with E-state index in [-0.39, 0.29) is 0 Å². The number of hydrogen-bond donors (Lipinski definition) is 3. The second kappa shape index (κ2) is 5.87. The second-order valence-electron chi connectivity index (χ2n) is 4.68. The standard InChI is InChI=1S/C13H22N4/c1-2-4-10-6-7-12(17-13(10)14)16-11-5-3-8-15-9-11/h6-7,11,15H,2-5,8-9H2,1H3,(H3,14,16,17). The van der Waals surface area contributed by atoms with E-state index in [1.165, 1.54) is 12.8 Å². The Kier molecular flexibility index (Phi) is 4.20. The Hall–Kier alpha value is -1.29. The van der Waals surface area contributed by atoms with E-state index in [0.29, 0.717) is 11.9 Å². The normalized spacial score (nSPS) is 20.2. The number of hydrogen-bond acceptors (Lipinski definition) is 4. The van der Waals surface area contributed by atoms with E-state index in [1.54, 1.807) is 0 Å². The van der Waals surface area contributed by atoms with E-state index in [0.717, 1.165) is 37.3 Å². The van der Waals surface area contributed by atoms with Crippen molar-refractivity contribution in [2.24, 2.45) is 0 Å². The highest BCUT2D eigenvalue weighted by molar-refractivity contribution is 5.48. The van der Waals surface area contributed by atoms with E-state index >= 15 is 0 Å². The lowest BCUT2D eigenvalue weighted by atomic mass is 10.1. The van der Waals surface area contributed by atoms with Crippen LogP contribution < -0.4 is 16.4 Å². The van der Waals surface area contributed by atoms with Gasteiger partial charge in [-0.1, -0.05) is 19.4 Å². The SMILES string of the molecule is CCCc1ccc(NC2CCCNC2)nc1N. The molecular weight excluding hydrogens is 212 g/mol. The third kappa shape index (κ3) is 3.33. The predicted octanol–water partition coefficient (Wildman–Crippen LogP) is 1.78. The molecule has 1 aromatic heterocycles. The van der Waals surface area contributed by atoms with Crippen molar-refractivity contribution in [2.75, 3.05) is 24.1 Å². The molecule has 1 aliphatic heterocycles. The van der Waals surface area contributed by atoms with Crippen molar-refractivity contribution in [2.45, 2.75) is 38.6 Å². The quantitative estimate of drug-likeness (QED) is 0.743. The summed E-state index contributed by atoms with van der Waals surface area (Å²) >= 11 is 0. The number of rotatable bonds is 4. The third-order valence-electron chi connectivity index (χ3n) is 3.18. The number of nitrogens with zero attached hydrogens (tertiary/aromatic N) is 1. The molecule has 1 saturated heterocycles. The van der Waals surface area contributed by atoms with Gasteiger partial charge in [0.05, 0.1) is 0 Å². The molecule has 1 atom stereocenters. The van der Waals surface area contributed by atoms with Gasteiger partial charge in [-0.05, 0) is 37.4 Å². The number of nitrogens with two attached hydrogens (primary N) is 1. The molecule has 0 spiro atoms. The maximum absolute atomic E-state index is 5.95. The van der Waals surface area contributed by atoms with Gasteiger partial charge in [-0.3, -0.25) is 0 Å². The van der Waals surface area contributed by atoms with E-state index in [9.17, 15) is 0 Å². The van der Waals surface area contributed by atoms with E-state index in [2.05, 4.69) is 28.6 Å². The number of pyridine rings is 1. The average Bonchev–Trinajstić information content (AvgIpc) is 2.34. The summed E-state index contributed by atoms with van der Waals surface area (Å²) in [6.45, 7) is 4.29. The summed E-state index contributed by atoms with van der Waals surface area (Å²) in [6.07, 6.45) is 4.53. The Balaban J connectivity index is 1.98. The van der Waals surface area contributed by atoms with Crippen LogP contribution in [-0.2, 0) is 6.42 Å². The van der Waals surface area contributed by atoms with Gasteiger partial charge in [0.1, 0.15) is 11.6 Å². The van der Waals surface area contributed by atoms with Crippen molar-refractivity contribution < 1.29 is 0 Å². The lowest BCUT2D eigenvalue weighted by Crippen LogP contribution is -2.38. The highest BCUT2D eigenvalue weighted by atomic mass is 15.1. The van der Waals surface area contributed by atoms with Crippen LogP contribution in [0.3, 0.4) is 0 Å². The van der Waals surface area contributed by atoms with Crippen LogP contribution in [0.5, 0.6) is 0 Å². The van der Waals surface area contributed by atoms with Crippen LogP contribution in [-0.4, -0.2) is 24.1 Å². The van der Waals surface area contributed by atoms with Crippen molar-refractivity contribution in [3.8, 4) is 0 Å². The van der Waals surface area contributed by atoms with Crippen molar-refractivity contribution in [3.05, 3.63) is 17.7 Å². The number of aryl methyl sites for hydroxylation is 1. The Labute approximate surface area is 103 Å². The van der Waals surface area contributed by atoms with Crippen molar-refractivity contribution in [1.29, 1.82) is 0 Å². The fourth-order valence-electron chi connectivity index (χ4n) is 2.25. The van der Waals surface area contributed by atoms with Crippen LogP contribution in [0.15, 0.2) is 12.1 Å². The van der Waals surface area contributed by atoms with Crippen LogP contribution >= 0.6 is 0 Å². The molecule has 4 nitrogen and oxygen atoms in total. The monoisotopic (exact) mass is 234 g/mol. The molecule has 0 aliphatic carbocycles. The number of piperidine rings is 1. The first-order valence-electron chi connectivity index (χ1n) is 6.52. The van der Waals surface area contributed by atoms with Gasteiger partial charge in [0.15, 0.2) is 0 Å². The summed E-state index contributed by atoms with van der Waals surface area (Å²) < 4.78 is 0. The first kappa shape index (κ1) is 12.2. The fourth-order valence-corrected chi connectivity index (χ4v) is 2.25. The largest absolute Gasteiger partial charge is 0.383 e. The van der Waals surface area contributed by atoms with Crippen molar-refractivity contribution in [1.82, 2.24) is 10.3 Å². The summed E-state index contributed by atoms with van der Waals surface area (Å²) in [5, 5.41) is 6.82. The van der Waals surface area contributed by atoms with Gasteiger partial charge in [-0.25, -0.2) is 4.98 Å². The van der Waals surface area contributed by atoms with E-state index in [4.69, 9.17) is 5.73 Å². The third-order valence-corrected chi connectivity index (χ3v) is 3.18. The van der Waals surface area contributed by atoms with Crippen LogP contribution in [0.25, 0.3) is 0 Å². The minimum absolute atomic E-state index is 0.479. The Morgan fingerprint density at radius 1 is 1.53 bits per heavy atom. The zero-order valence-corrected chi connectivity index (χ0v) is 10.5. The molecule has 1 unspecified atom stereocenters. The molecular formula is C13H22N4. The Morgan fingerprint density at radius 3 is 3.06 bits per heavy atom. The first-order chi connectivity index (χ1) is 8.29. The van der Waals surface area contributed by atoms with E-state index in [1.807, 2.05) is 6.07 Å². The molecule has 4 N–H and O–H groups in total. The number of nitrogen functional groups attached to an aromatic ring is 1. The first-order valence-corrected chi connectivity index (χ1v) is 6.52. The zero-order valence-electron chi connectivity index (χ0n) is 10.5. The fraction of sp³-hybridized carbons (Fsp3) is 0.615. The van der Waals surface area contributed by atoms with Crippen molar-refractivity contribution in [3.63, 3.8) is 0 Å². The number of aromatic nitrogens is 1. The van der Waals surface area contributed by atoms with Crippen LogP contribution in [0, 0.1) is 0 Å². The molecule has 2 heterocycles. The molecule has 0 amide bonds. The van der Waals surface area contributed by atoms with Crippen LogP contribution in [0.2, 0.25) is 0 Å². The molecule has 1 aromatic rings. The minimum atomic E-state index is 0.479. The van der Waals surface area contributed by atoms with Gasteiger partial charge in [-0.2, -0.15) is 0 Å².